The van der Waals surface area contributed by atoms with E-state index in [4.69, 9.17) is 13.9 Å². The van der Waals surface area contributed by atoms with Crippen LogP contribution in [0.4, 0.5) is 0 Å². The number of carbonyl (C=O) groups excluding carboxylic acids is 2. The maximum absolute atomic E-state index is 13.2. The molecule has 4 rings (SSSR count). The first kappa shape index (κ1) is 22.4. The largest absolute Gasteiger partial charge is 0.486 e. The summed E-state index contributed by atoms with van der Waals surface area (Å²) >= 11 is 3.40. The van der Waals surface area contributed by atoms with Crippen molar-refractivity contribution in [3.8, 4) is 5.75 Å². The van der Waals surface area contributed by atoms with Crippen LogP contribution in [-0.2, 0) is 20.9 Å². The Labute approximate surface area is 195 Å². The number of halogens is 1. The second kappa shape index (κ2) is 8.62. The smallest absolute Gasteiger partial charge is 0.336 e. The Balaban J connectivity index is 1.67. The van der Waals surface area contributed by atoms with E-state index in [-0.39, 0.29) is 17.8 Å². The maximum Gasteiger partial charge on any atom is 0.336 e. The lowest BCUT2D eigenvalue weighted by Crippen LogP contribution is -2.38. The number of esters is 1. The fraction of sp³-hybridized carbons (Fsp3) is 0.360. The number of methoxy groups -OCH3 is 1. The standard InChI is InChI=1S/C25H26BrNO5/c1-14-21(24(29)30-4)23(22-18(27-14)11-25(2,3)12-19(22)28)20-10-9-17(32-20)13-31-16-7-5-15(26)6-8-16/h5-10,23,27H,11-13H2,1-4H3/t23-/m1/s1. The number of Topliss-reactive ketones (excluding diaryl/α,β-unsaturated/α-hetero) is 1. The van der Waals surface area contributed by atoms with E-state index in [1.54, 1.807) is 0 Å². The minimum atomic E-state index is -0.608. The van der Waals surface area contributed by atoms with Crippen LogP contribution in [0.2, 0.25) is 0 Å². The molecule has 0 amide bonds. The van der Waals surface area contributed by atoms with Crippen LogP contribution in [0.5, 0.6) is 5.75 Å². The SMILES string of the molecule is COC(=O)C1=C(C)NC2=C(C(=O)CC(C)(C)C2)[C@@H]1c1ccc(COc2ccc(Br)cc2)o1. The lowest BCUT2D eigenvalue weighted by molar-refractivity contribution is -0.136. The van der Waals surface area contributed by atoms with Gasteiger partial charge in [0.1, 0.15) is 23.9 Å². The zero-order valence-electron chi connectivity index (χ0n) is 18.6. The number of ether oxygens (including phenoxy) is 2. The number of carbonyl (C=O) groups is 2. The highest BCUT2D eigenvalue weighted by Crippen LogP contribution is 2.47. The van der Waals surface area contributed by atoms with Crippen LogP contribution < -0.4 is 10.1 Å². The minimum Gasteiger partial charge on any atom is -0.486 e. The molecule has 1 atom stereocenters. The van der Waals surface area contributed by atoms with Crippen molar-refractivity contribution >= 4 is 27.7 Å². The summed E-state index contributed by atoms with van der Waals surface area (Å²) in [5.74, 6) is 0.785. The van der Waals surface area contributed by atoms with Crippen molar-refractivity contribution < 1.29 is 23.5 Å². The van der Waals surface area contributed by atoms with E-state index in [0.717, 1.165) is 16.6 Å². The van der Waals surface area contributed by atoms with E-state index in [1.807, 2.05) is 43.3 Å². The molecule has 1 N–H and O–H groups in total. The second-order valence-corrected chi connectivity index (χ2v) is 9.88. The lowest BCUT2D eigenvalue weighted by Gasteiger charge is -2.38. The van der Waals surface area contributed by atoms with Gasteiger partial charge in [-0.3, -0.25) is 4.79 Å². The molecule has 0 saturated heterocycles. The first-order valence-corrected chi connectivity index (χ1v) is 11.3. The Hall–Kier alpha value is -2.80. The first-order chi connectivity index (χ1) is 15.2. The van der Waals surface area contributed by atoms with Gasteiger partial charge in [-0.1, -0.05) is 29.8 Å². The minimum absolute atomic E-state index is 0.0201. The predicted molar refractivity (Wildman–Crippen MR) is 123 cm³/mol. The number of ketones is 1. The van der Waals surface area contributed by atoms with E-state index in [0.29, 0.717) is 40.5 Å². The van der Waals surface area contributed by atoms with Gasteiger partial charge in [-0.05, 0) is 55.2 Å². The molecule has 0 radical (unpaired) electrons. The molecule has 168 valence electrons. The van der Waals surface area contributed by atoms with Gasteiger partial charge in [0.05, 0.1) is 18.6 Å². The summed E-state index contributed by atoms with van der Waals surface area (Å²) < 4.78 is 17.9. The van der Waals surface area contributed by atoms with Crippen LogP contribution in [0, 0.1) is 5.41 Å². The van der Waals surface area contributed by atoms with E-state index < -0.39 is 11.9 Å². The van der Waals surface area contributed by atoms with Crippen molar-refractivity contribution in [2.24, 2.45) is 5.41 Å². The highest BCUT2D eigenvalue weighted by atomic mass is 79.9. The van der Waals surface area contributed by atoms with Gasteiger partial charge in [-0.2, -0.15) is 0 Å². The molecule has 0 bridgehead atoms. The van der Waals surface area contributed by atoms with Gasteiger partial charge >= 0.3 is 5.97 Å². The lowest BCUT2D eigenvalue weighted by atomic mass is 9.69. The molecule has 32 heavy (non-hydrogen) atoms. The summed E-state index contributed by atoms with van der Waals surface area (Å²) in [7, 11) is 1.34. The number of allylic oxidation sites excluding steroid dienone is 3. The third kappa shape index (κ3) is 4.39. The van der Waals surface area contributed by atoms with Crippen LogP contribution in [0.15, 0.2) is 67.8 Å². The van der Waals surface area contributed by atoms with Gasteiger partial charge in [-0.15, -0.1) is 0 Å². The van der Waals surface area contributed by atoms with E-state index in [2.05, 4.69) is 35.1 Å². The van der Waals surface area contributed by atoms with Crippen molar-refractivity contribution in [2.45, 2.75) is 46.1 Å². The number of hydrogen-bond acceptors (Lipinski definition) is 6. The van der Waals surface area contributed by atoms with E-state index >= 15 is 0 Å². The average Bonchev–Trinajstić information content (AvgIpc) is 3.19. The van der Waals surface area contributed by atoms with Crippen molar-refractivity contribution in [3.05, 3.63) is 74.9 Å². The van der Waals surface area contributed by atoms with Gasteiger partial charge in [0.25, 0.3) is 0 Å². The molecule has 1 aliphatic heterocycles. The molecule has 1 aliphatic carbocycles. The van der Waals surface area contributed by atoms with E-state index in [9.17, 15) is 9.59 Å². The third-order valence-corrected chi connectivity index (χ3v) is 6.34. The zero-order chi connectivity index (χ0) is 23.0. The topological polar surface area (TPSA) is 77.8 Å². The third-order valence-electron chi connectivity index (χ3n) is 5.81. The molecule has 2 aliphatic rings. The highest BCUT2D eigenvalue weighted by molar-refractivity contribution is 9.10. The molecule has 6 nitrogen and oxygen atoms in total. The first-order valence-electron chi connectivity index (χ1n) is 10.5. The molecule has 0 saturated carbocycles. The quantitative estimate of drug-likeness (QED) is 0.555. The average molecular weight is 500 g/mol. The Morgan fingerprint density at radius 3 is 2.59 bits per heavy atom. The van der Waals surface area contributed by atoms with Gasteiger partial charge in [-0.25, -0.2) is 4.79 Å². The van der Waals surface area contributed by atoms with Crippen LogP contribution in [0.3, 0.4) is 0 Å². The van der Waals surface area contributed by atoms with Gasteiger partial charge in [0, 0.05) is 27.9 Å². The normalized spacial score (nSPS) is 20.0. The Morgan fingerprint density at radius 1 is 1.19 bits per heavy atom. The molecular formula is C25H26BrNO5. The fourth-order valence-electron chi connectivity index (χ4n) is 4.41. The summed E-state index contributed by atoms with van der Waals surface area (Å²) in [5, 5.41) is 3.29. The number of rotatable bonds is 5. The maximum atomic E-state index is 13.2. The van der Waals surface area contributed by atoms with Crippen LogP contribution in [-0.4, -0.2) is 18.9 Å². The Morgan fingerprint density at radius 2 is 1.91 bits per heavy atom. The summed E-state index contributed by atoms with van der Waals surface area (Å²) in [6.07, 6.45) is 1.13. The van der Waals surface area contributed by atoms with Gasteiger partial charge in [0.2, 0.25) is 0 Å². The Bertz CT molecular complexity index is 1120. The monoisotopic (exact) mass is 499 g/mol. The van der Waals surface area contributed by atoms with Crippen molar-refractivity contribution in [1.29, 1.82) is 0 Å². The van der Waals surface area contributed by atoms with Crippen LogP contribution in [0.25, 0.3) is 0 Å². The molecule has 0 spiro atoms. The molecule has 1 aromatic carbocycles. The second-order valence-electron chi connectivity index (χ2n) is 8.97. The Kier molecular flexibility index (Phi) is 6.03. The zero-order valence-corrected chi connectivity index (χ0v) is 20.2. The number of furan rings is 1. The highest BCUT2D eigenvalue weighted by Gasteiger charge is 2.44. The molecule has 1 aromatic heterocycles. The number of dihydropyridines is 1. The van der Waals surface area contributed by atoms with Crippen molar-refractivity contribution in [2.75, 3.05) is 7.11 Å². The van der Waals surface area contributed by atoms with Gasteiger partial charge < -0.3 is 19.2 Å². The molecule has 0 fully saturated rings. The summed E-state index contributed by atoms with van der Waals surface area (Å²) in [5.41, 5.74) is 2.36. The molecule has 0 unspecified atom stereocenters. The van der Waals surface area contributed by atoms with Crippen molar-refractivity contribution in [1.82, 2.24) is 5.32 Å². The molecule has 2 heterocycles. The summed E-state index contributed by atoms with van der Waals surface area (Å²) in [4.78, 5) is 25.9. The number of nitrogens with one attached hydrogen (secondary N) is 1. The summed E-state index contributed by atoms with van der Waals surface area (Å²) in [6.45, 7) is 6.21. The number of hydrogen-bond donors (Lipinski definition) is 1. The van der Waals surface area contributed by atoms with Gasteiger partial charge in [0.15, 0.2) is 5.78 Å². The van der Waals surface area contributed by atoms with E-state index in [1.165, 1.54) is 7.11 Å². The molecule has 2 aromatic rings. The predicted octanol–water partition coefficient (Wildman–Crippen LogP) is 5.40. The number of benzene rings is 1. The molecular weight excluding hydrogens is 474 g/mol. The van der Waals surface area contributed by atoms with Crippen molar-refractivity contribution in [3.63, 3.8) is 0 Å². The fourth-order valence-corrected chi connectivity index (χ4v) is 4.68. The summed E-state index contributed by atoms with van der Waals surface area (Å²) in [6, 6.07) is 11.2. The van der Waals surface area contributed by atoms with Crippen LogP contribution in [0.1, 0.15) is 51.1 Å². The molecule has 7 heteroatoms. The van der Waals surface area contributed by atoms with Crippen LogP contribution >= 0.6 is 15.9 Å².